The molecule has 1 N–H and O–H groups in total. The lowest BCUT2D eigenvalue weighted by molar-refractivity contribution is -0.137. The Labute approximate surface area is 264 Å². The Bertz CT molecular complexity index is 1530. The number of hydrogen-bond acceptors (Lipinski definition) is 6. The topological polar surface area (TPSA) is 94.5 Å². The maximum absolute atomic E-state index is 13.8. The fourth-order valence-electron chi connectivity index (χ4n) is 5.79. The van der Waals surface area contributed by atoms with E-state index in [9.17, 15) is 9.59 Å². The molecule has 45 heavy (non-hydrogen) atoms. The van der Waals surface area contributed by atoms with Gasteiger partial charge in [0, 0.05) is 31.0 Å². The van der Waals surface area contributed by atoms with Crippen molar-refractivity contribution in [3.8, 4) is 28.4 Å². The molecule has 0 saturated heterocycles. The third-order valence-electron chi connectivity index (χ3n) is 8.09. The molecule has 0 spiro atoms. The summed E-state index contributed by atoms with van der Waals surface area (Å²) < 4.78 is 23.4. The molecule has 0 fully saturated rings. The summed E-state index contributed by atoms with van der Waals surface area (Å²) in [7, 11) is 3.13. The number of hydrogen-bond donors (Lipinski definition) is 1. The summed E-state index contributed by atoms with van der Waals surface area (Å²) in [6.07, 6.45) is 1.46. The van der Waals surface area contributed by atoms with Gasteiger partial charge in [0.05, 0.1) is 32.9 Å². The number of fused-ring (bicyclic) bond motifs is 3. The van der Waals surface area contributed by atoms with Crippen molar-refractivity contribution in [2.75, 3.05) is 34.0 Å². The summed E-state index contributed by atoms with van der Waals surface area (Å²) in [5, 5.41) is 8.87. The van der Waals surface area contributed by atoms with E-state index >= 15 is 0 Å². The molecule has 0 bridgehead atoms. The fraction of sp³-hybridized carbons (Fsp3) is 0.297. The maximum Gasteiger partial charge on any atom is 0.410 e. The van der Waals surface area contributed by atoms with Gasteiger partial charge >= 0.3 is 12.1 Å². The van der Waals surface area contributed by atoms with Crippen LogP contribution < -0.4 is 14.2 Å². The molecule has 5 rings (SSSR count). The number of carbonyl (C=O) groups is 2. The van der Waals surface area contributed by atoms with Crippen LogP contribution in [0.15, 0.2) is 91.0 Å². The molecule has 8 heteroatoms. The van der Waals surface area contributed by atoms with E-state index in [2.05, 4.69) is 24.3 Å². The zero-order chi connectivity index (χ0) is 31.6. The fourth-order valence-corrected chi connectivity index (χ4v) is 5.79. The van der Waals surface area contributed by atoms with E-state index in [1.165, 1.54) is 11.1 Å². The molecule has 4 aromatic rings. The number of nitrogens with zero attached hydrogens (tertiary/aromatic N) is 1. The smallest absolute Gasteiger partial charge is 0.410 e. The molecule has 1 aliphatic rings. The monoisotopic (exact) mass is 609 g/mol. The molecule has 1 amide bonds. The number of aliphatic carboxylic acids is 1. The number of carboxylic acids is 1. The maximum atomic E-state index is 13.8. The predicted octanol–water partition coefficient (Wildman–Crippen LogP) is 7.33. The lowest BCUT2D eigenvalue weighted by Crippen LogP contribution is -2.34. The van der Waals surface area contributed by atoms with Crippen molar-refractivity contribution in [2.45, 2.75) is 38.1 Å². The van der Waals surface area contributed by atoms with Gasteiger partial charge in [-0.15, -0.1) is 0 Å². The van der Waals surface area contributed by atoms with Gasteiger partial charge in [-0.05, 0) is 47.1 Å². The normalized spacial score (nSPS) is 11.8. The zero-order valence-electron chi connectivity index (χ0n) is 25.7. The van der Waals surface area contributed by atoms with Crippen LogP contribution in [0.4, 0.5) is 4.79 Å². The van der Waals surface area contributed by atoms with E-state index < -0.39 is 12.1 Å². The van der Waals surface area contributed by atoms with E-state index in [1.807, 2.05) is 54.6 Å². The number of methoxy groups -OCH3 is 2. The van der Waals surface area contributed by atoms with Gasteiger partial charge in [0.25, 0.3) is 0 Å². The molecule has 0 heterocycles. The SMILES string of the molecule is COc1cc(OCCCCC(=O)O)cc(OC)c1CN(CCc1ccccc1)C(=O)OCC1c2ccccc2-c2ccccc21. The average molecular weight is 610 g/mol. The van der Waals surface area contributed by atoms with Gasteiger partial charge in [0.2, 0.25) is 0 Å². The van der Waals surface area contributed by atoms with Crippen molar-refractivity contribution >= 4 is 12.1 Å². The van der Waals surface area contributed by atoms with Crippen LogP contribution in [0.1, 0.15) is 47.4 Å². The van der Waals surface area contributed by atoms with Gasteiger partial charge in [-0.2, -0.15) is 0 Å². The molecule has 0 aliphatic heterocycles. The first-order valence-corrected chi connectivity index (χ1v) is 15.2. The lowest BCUT2D eigenvalue weighted by Gasteiger charge is -2.26. The van der Waals surface area contributed by atoms with Crippen LogP contribution in [-0.4, -0.2) is 56.0 Å². The third kappa shape index (κ3) is 7.76. The largest absolute Gasteiger partial charge is 0.496 e. The minimum absolute atomic E-state index is 0.0478. The number of rotatable bonds is 15. The Balaban J connectivity index is 1.34. The second-order valence-corrected chi connectivity index (χ2v) is 11.0. The summed E-state index contributed by atoms with van der Waals surface area (Å²) in [6.45, 7) is 1.21. The van der Waals surface area contributed by atoms with E-state index in [0.717, 1.165) is 16.7 Å². The molecule has 0 aromatic heterocycles. The molecule has 0 unspecified atom stereocenters. The van der Waals surface area contributed by atoms with Crippen molar-refractivity contribution in [3.05, 3.63) is 113 Å². The minimum Gasteiger partial charge on any atom is -0.496 e. The number of ether oxygens (including phenoxy) is 4. The molecule has 1 aliphatic carbocycles. The number of unbranched alkanes of at least 4 members (excludes halogenated alkanes) is 1. The highest BCUT2D eigenvalue weighted by Gasteiger charge is 2.30. The first-order chi connectivity index (χ1) is 22.0. The van der Waals surface area contributed by atoms with Crippen LogP contribution >= 0.6 is 0 Å². The Hall–Kier alpha value is -4.98. The quantitative estimate of drug-likeness (QED) is 0.141. The van der Waals surface area contributed by atoms with E-state index in [1.54, 1.807) is 31.3 Å². The average Bonchev–Trinajstić information content (AvgIpc) is 3.39. The van der Waals surface area contributed by atoms with Crippen molar-refractivity contribution in [3.63, 3.8) is 0 Å². The molecular formula is C37H39NO7. The summed E-state index contributed by atoms with van der Waals surface area (Å²) in [5.41, 5.74) is 6.47. The molecule has 8 nitrogen and oxygen atoms in total. The summed E-state index contributed by atoms with van der Waals surface area (Å²) in [5.74, 6) is 0.709. The van der Waals surface area contributed by atoms with Crippen molar-refractivity contribution in [2.24, 2.45) is 0 Å². The zero-order valence-corrected chi connectivity index (χ0v) is 25.7. The van der Waals surface area contributed by atoms with Crippen LogP contribution in [0.5, 0.6) is 17.2 Å². The third-order valence-corrected chi connectivity index (χ3v) is 8.09. The van der Waals surface area contributed by atoms with Crippen LogP contribution in [0.25, 0.3) is 11.1 Å². The van der Waals surface area contributed by atoms with Crippen LogP contribution in [0.2, 0.25) is 0 Å². The van der Waals surface area contributed by atoms with Crippen LogP contribution in [-0.2, 0) is 22.5 Å². The Morgan fingerprint density at radius 2 is 1.40 bits per heavy atom. The summed E-state index contributed by atoms with van der Waals surface area (Å²) in [6, 6.07) is 30.1. The standard InChI is InChI=1S/C37H39NO7/c1-42-34-22-27(44-21-11-10-18-36(39)40)23-35(43-2)32(34)24-38(20-19-26-12-4-3-5-13-26)37(41)45-25-33-30-16-8-6-14-28(30)29-15-7-9-17-31(29)33/h3-9,12-17,22-23,33H,10-11,18-21,24-25H2,1-2H3,(H,39,40). The second-order valence-electron chi connectivity index (χ2n) is 11.0. The Morgan fingerprint density at radius 3 is 2.00 bits per heavy atom. The van der Waals surface area contributed by atoms with Crippen molar-refractivity contribution < 1.29 is 33.6 Å². The summed E-state index contributed by atoms with van der Waals surface area (Å²) in [4.78, 5) is 26.3. The van der Waals surface area contributed by atoms with Crippen LogP contribution in [0, 0.1) is 0 Å². The van der Waals surface area contributed by atoms with Gasteiger partial charge in [-0.3, -0.25) is 4.79 Å². The highest BCUT2D eigenvalue weighted by Crippen LogP contribution is 2.44. The number of carboxylic acid groups (broad SMARTS) is 1. The van der Waals surface area contributed by atoms with Gasteiger partial charge in [-0.25, -0.2) is 4.79 Å². The number of amides is 1. The van der Waals surface area contributed by atoms with E-state index in [-0.39, 0.29) is 25.5 Å². The second kappa shape index (κ2) is 15.1. The molecule has 0 saturated carbocycles. The Morgan fingerprint density at radius 1 is 0.800 bits per heavy atom. The molecular weight excluding hydrogens is 570 g/mol. The van der Waals surface area contributed by atoms with Gasteiger partial charge in [-0.1, -0.05) is 78.9 Å². The Kier molecular flexibility index (Phi) is 10.6. The lowest BCUT2D eigenvalue weighted by atomic mass is 9.98. The number of benzene rings is 4. The predicted molar refractivity (Wildman–Crippen MR) is 172 cm³/mol. The minimum atomic E-state index is -0.823. The first kappa shape index (κ1) is 31.4. The molecule has 234 valence electrons. The number of carbonyl (C=O) groups excluding carboxylic acids is 1. The van der Waals surface area contributed by atoms with E-state index in [4.69, 9.17) is 24.1 Å². The highest BCUT2D eigenvalue weighted by molar-refractivity contribution is 5.79. The molecule has 0 atom stereocenters. The molecule has 4 aromatic carbocycles. The first-order valence-electron chi connectivity index (χ1n) is 15.2. The van der Waals surface area contributed by atoms with E-state index in [0.29, 0.717) is 55.2 Å². The van der Waals surface area contributed by atoms with Crippen molar-refractivity contribution in [1.29, 1.82) is 0 Å². The highest BCUT2D eigenvalue weighted by atomic mass is 16.6. The summed E-state index contributed by atoms with van der Waals surface area (Å²) >= 11 is 0. The van der Waals surface area contributed by atoms with Gasteiger partial charge in [0.1, 0.15) is 23.9 Å². The van der Waals surface area contributed by atoms with Gasteiger partial charge in [0.15, 0.2) is 0 Å². The molecule has 0 radical (unpaired) electrons. The van der Waals surface area contributed by atoms with Crippen molar-refractivity contribution in [1.82, 2.24) is 4.90 Å². The van der Waals surface area contributed by atoms with Gasteiger partial charge < -0.3 is 29.0 Å². The van der Waals surface area contributed by atoms with Crippen LogP contribution in [0.3, 0.4) is 0 Å².